The van der Waals surface area contributed by atoms with Crippen LogP contribution >= 0.6 is 27.3 Å². The van der Waals surface area contributed by atoms with Crippen molar-refractivity contribution in [1.29, 1.82) is 0 Å². The smallest absolute Gasteiger partial charge is 0.151 e. The lowest BCUT2D eigenvalue weighted by Gasteiger charge is -2.43. The number of benzene rings is 1. The van der Waals surface area contributed by atoms with Crippen LogP contribution in [0.2, 0.25) is 0 Å². The monoisotopic (exact) mass is 385 g/mol. The highest BCUT2D eigenvalue weighted by Crippen LogP contribution is 2.58. The maximum Gasteiger partial charge on any atom is 0.151 e. The Kier molecular flexibility index (Phi) is 3.12. The Morgan fingerprint density at radius 2 is 2.04 bits per heavy atom. The molecule has 116 valence electrons. The fourth-order valence-corrected chi connectivity index (χ4v) is 5.11. The van der Waals surface area contributed by atoms with Gasteiger partial charge in [-0.2, -0.15) is 0 Å². The Morgan fingerprint density at radius 3 is 2.74 bits per heavy atom. The summed E-state index contributed by atoms with van der Waals surface area (Å²) in [7, 11) is 0. The summed E-state index contributed by atoms with van der Waals surface area (Å²) in [4.78, 5) is 3.58. The van der Waals surface area contributed by atoms with Gasteiger partial charge in [0.1, 0.15) is 0 Å². The minimum Gasteiger partial charge on any atom is -0.453 e. The molecule has 0 saturated heterocycles. The molecule has 2 nitrogen and oxygen atoms in total. The lowest BCUT2D eigenvalue weighted by molar-refractivity contribution is 0.427. The van der Waals surface area contributed by atoms with E-state index in [0.29, 0.717) is 0 Å². The van der Waals surface area contributed by atoms with Crippen LogP contribution in [0.15, 0.2) is 64.8 Å². The van der Waals surface area contributed by atoms with E-state index in [-0.39, 0.29) is 5.41 Å². The molecule has 0 fully saturated rings. The third kappa shape index (κ3) is 1.85. The summed E-state index contributed by atoms with van der Waals surface area (Å²) in [6, 6.07) is 8.43. The first-order valence-corrected chi connectivity index (χ1v) is 9.00. The number of thiophene rings is 1. The van der Waals surface area contributed by atoms with Crippen molar-refractivity contribution >= 4 is 38.6 Å². The van der Waals surface area contributed by atoms with Crippen molar-refractivity contribution < 1.29 is 4.74 Å². The van der Waals surface area contributed by atoms with Gasteiger partial charge in [0.2, 0.25) is 0 Å². The third-order valence-corrected chi connectivity index (χ3v) is 6.43. The van der Waals surface area contributed by atoms with Crippen LogP contribution in [-0.4, -0.2) is 0 Å². The number of allylic oxidation sites excluding steroid dienone is 2. The second-order valence-corrected chi connectivity index (χ2v) is 8.57. The van der Waals surface area contributed by atoms with E-state index in [1.807, 2.05) is 12.1 Å². The van der Waals surface area contributed by atoms with E-state index in [1.54, 1.807) is 17.4 Å². The summed E-state index contributed by atoms with van der Waals surface area (Å²) in [6.07, 6.45) is 3.58. The fourth-order valence-electron chi connectivity index (χ4n) is 3.42. The van der Waals surface area contributed by atoms with Gasteiger partial charge in [0.25, 0.3) is 0 Å². The highest BCUT2D eigenvalue weighted by molar-refractivity contribution is 9.11. The highest BCUT2D eigenvalue weighted by atomic mass is 79.9. The van der Waals surface area contributed by atoms with E-state index in [0.717, 1.165) is 26.7 Å². The first kappa shape index (κ1) is 14.8. The zero-order valence-corrected chi connectivity index (χ0v) is 15.4. The van der Waals surface area contributed by atoms with E-state index >= 15 is 0 Å². The second kappa shape index (κ2) is 4.86. The Balaban J connectivity index is 2.13. The first-order chi connectivity index (χ1) is 11.0. The number of ether oxygens (including phenoxy) is 1. The van der Waals surface area contributed by atoms with Crippen LogP contribution in [0.25, 0.3) is 0 Å². The number of hydrogen-bond acceptors (Lipinski definition) is 3. The molecule has 2 aromatic rings. The number of halogens is 1. The van der Waals surface area contributed by atoms with Crippen LogP contribution < -0.4 is 9.64 Å². The molecule has 0 spiro atoms. The molecule has 2 aliphatic rings. The molecule has 0 aliphatic carbocycles. The Labute approximate surface area is 148 Å². The summed E-state index contributed by atoms with van der Waals surface area (Å²) in [6.45, 7) is 12.4. The minimum absolute atomic E-state index is 0.0742. The molecule has 0 radical (unpaired) electrons. The summed E-state index contributed by atoms with van der Waals surface area (Å²) in [5, 5.41) is 0. The molecule has 0 N–H and O–H groups in total. The summed E-state index contributed by atoms with van der Waals surface area (Å²) in [5.74, 6) is 1.60. The van der Waals surface area contributed by atoms with Gasteiger partial charge < -0.3 is 9.64 Å². The van der Waals surface area contributed by atoms with Crippen molar-refractivity contribution in [2.45, 2.75) is 19.3 Å². The van der Waals surface area contributed by atoms with Crippen LogP contribution in [0.3, 0.4) is 0 Å². The Morgan fingerprint density at radius 1 is 1.26 bits per heavy atom. The molecule has 23 heavy (non-hydrogen) atoms. The van der Waals surface area contributed by atoms with Gasteiger partial charge in [-0.15, -0.1) is 11.3 Å². The maximum atomic E-state index is 6.09. The molecule has 1 aromatic heterocycles. The van der Waals surface area contributed by atoms with E-state index in [9.17, 15) is 0 Å². The summed E-state index contributed by atoms with van der Waals surface area (Å²) in [5.41, 5.74) is 4.41. The second-order valence-electron chi connectivity index (χ2n) is 6.14. The first-order valence-electron chi connectivity index (χ1n) is 7.39. The fraction of sp³-hybridized carbons (Fsp3) is 0.158. The standard InChI is InChI=1S/C19H16BrNOS/c1-5-12-14(6-2)22-15-9-7-8-11-17(15)21(12)13-10-16(20)23-18(13)19(11,3)4/h5-10H,1-2H2,3-4H3. The van der Waals surface area contributed by atoms with Gasteiger partial charge in [0, 0.05) is 10.3 Å². The topological polar surface area (TPSA) is 12.5 Å². The van der Waals surface area contributed by atoms with E-state index in [4.69, 9.17) is 4.74 Å². The van der Waals surface area contributed by atoms with Gasteiger partial charge in [-0.1, -0.05) is 39.1 Å². The summed E-state index contributed by atoms with van der Waals surface area (Å²) >= 11 is 5.44. The van der Waals surface area contributed by atoms with E-state index < -0.39 is 0 Å². The number of para-hydroxylation sites is 1. The lowest BCUT2D eigenvalue weighted by Crippen LogP contribution is -2.33. The van der Waals surface area contributed by atoms with Crippen LogP contribution in [0.5, 0.6) is 5.75 Å². The largest absolute Gasteiger partial charge is 0.453 e. The van der Waals surface area contributed by atoms with Gasteiger partial charge in [0.15, 0.2) is 11.5 Å². The van der Waals surface area contributed by atoms with Crippen LogP contribution in [0.4, 0.5) is 11.4 Å². The predicted molar refractivity (Wildman–Crippen MR) is 101 cm³/mol. The van der Waals surface area contributed by atoms with Crippen LogP contribution in [0.1, 0.15) is 24.3 Å². The van der Waals surface area contributed by atoms with Crippen molar-refractivity contribution in [2.24, 2.45) is 0 Å². The molecule has 0 unspecified atom stereocenters. The van der Waals surface area contributed by atoms with Gasteiger partial charge in [-0.05, 0) is 45.8 Å². The van der Waals surface area contributed by atoms with Gasteiger partial charge in [-0.3, -0.25) is 0 Å². The molecule has 3 heterocycles. The van der Waals surface area contributed by atoms with Crippen molar-refractivity contribution in [3.63, 3.8) is 0 Å². The highest BCUT2D eigenvalue weighted by Gasteiger charge is 2.42. The maximum absolute atomic E-state index is 6.09. The predicted octanol–water partition coefficient (Wildman–Crippen LogP) is 6.26. The lowest BCUT2D eigenvalue weighted by atomic mass is 9.78. The zero-order valence-electron chi connectivity index (χ0n) is 13.0. The molecule has 1 aromatic carbocycles. The molecule has 0 amide bonds. The van der Waals surface area contributed by atoms with Crippen molar-refractivity contribution in [1.82, 2.24) is 0 Å². The Hall–Kier alpha value is -1.78. The van der Waals surface area contributed by atoms with Crippen molar-refractivity contribution in [3.05, 3.63) is 75.3 Å². The molecule has 2 aliphatic heterocycles. The molecule has 4 heteroatoms. The molecule has 0 saturated carbocycles. The van der Waals surface area contributed by atoms with E-state index in [2.05, 4.69) is 66.0 Å². The van der Waals surface area contributed by atoms with Crippen molar-refractivity contribution in [2.75, 3.05) is 4.90 Å². The quantitative estimate of drug-likeness (QED) is 0.604. The third-order valence-electron chi connectivity index (χ3n) is 4.48. The van der Waals surface area contributed by atoms with Gasteiger partial charge in [-0.25, -0.2) is 0 Å². The van der Waals surface area contributed by atoms with Gasteiger partial charge in [0.05, 0.1) is 20.9 Å². The van der Waals surface area contributed by atoms with Gasteiger partial charge >= 0.3 is 0 Å². The average Bonchev–Trinajstić information content (AvgIpc) is 2.94. The molecular formula is C19H16BrNOS. The number of fused-ring (bicyclic) bond motifs is 2. The minimum atomic E-state index is -0.0742. The van der Waals surface area contributed by atoms with Crippen molar-refractivity contribution in [3.8, 4) is 5.75 Å². The number of hydrogen-bond donors (Lipinski definition) is 0. The number of anilines is 2. The molecular weight excluding hydrogens is 370 g/mol. The Bertz CT molecular complexity index is 891. The molecule has 4 rings (SSSR count). The van der Waals surface area contributed by atoms with E-state index in [1.165, 1.54) is 16.1 Å². The summed E-state index contributed by atoms with van der Waals surface area (Å²) < 4.78 is 7.21. The number of nitrogens with zero attached hydrogens (tertiary/aromatic N) is 1. The molecule has 0 bridgehead atoms. The number of rotatable bonds is 2. The average molecular weight is 386 g/mol. The normalized spacial score (nSPS) is 17.3. The SMILES string of the molecule is C=CC1=C(C=C)N2c3cc(Br)sc3C(C)(C)c3cccc(c32)O1. The zero-order chi connectivity index (χ0) is 16.4. The van der Waals surface area contributed by atoms with Crippen LogP contribution in [0, 0.1) is 0 Å². The molecule has 0 atom stereocenters. The van der Waals surface area contributed by atoms with Crippen LogP contribution in [-0.2, 0) is 5.41 Å².